The Balaban J connectivity index is 1.58. The van der Waals surface area contributed by atoms with Gasteiger partial charge in [0, 0.05) is 11.1 Å². The summed E-state index contributed by atoms with van der Waals surface area (Å²) in [5.41, 5.74) is 2.68. The van der Waals surface area contributed by atoms with Crippen molar-refractivity contribution in [2.45, 2.75) is 12.8 Å². The number of carbonyl (C=O) groups is 3. The Morgan fingerprint density at radius 1 is 0.788 bits per heavy atom. The second kappa shape index (κ2) is 9.56. The van der Waals surface area contributed by atoms with E-state index in [2.05, 4.69) is 0 Å². The van der Waals surface area contributed by atoms with Crippen molar-refractivity contribution >= 4 is 17.5 Å². The molecule has 0 fully saturated rings. The maximum atomic E-state index is 13.2. The van der Waals surface area contributed by atoms with Gasteiger partial charge in [-0.05, 0) is 72.5 Å². The lowest BCUT2D eigenvalue weighted by atomic mass is 9.93. The van der Waals surface area contributed by atoms with E-state index in [1.807, 2.05) is 12.1 Å². The minimum atomic E-state index is -0.616. The van der Waals surface area contributed by atoms with E-state index in [1.165, 1.54) is 14.2 Å². The van der Waals surface area contributed by atoms with E-state index in [0.717, 1.165) is 5.56 Å². The molecule has 0 radical (unpaired) electrons. The Morgan fingerprint density at radius 2 is 1.42 bits per heavy atom. The lowest BCUT2D eigenvalue weighted by Gasteiger charge is -2.11. The molecule has 0 saturated heterocycles. The smallest absolute Gasteiger partial charge is 0.337 e. The van der Waals surface area contributed by atoms with E-state index < -0.39 is 17.5 Å². The maximum Gasteiger partial charge on any atom is 0.337 e. The summed E-state index contributed by atoms with van der Waals surface area (Å²) in [5.74, 6) is -0.0514. The summed E-state index contributed by atoms with van der Waals surface area (Å²) >= 11 is 0. The van der Waals surface area contributed by atoms with Crippen LogP contribution in [0, 0.1) is 0 Å². The number of ketones is 2. The number of methoxy groups -OCH3 is 2. The highest BCUT2D eigenvalue weighted by Crippen LogP contribution is 2.36. The molecule has 3 aromatic rings. The highest BCUT2D eigenvalue weighted by molar-refractivity contribution is 6.49. The number of hydrogen-bond acceptors (Lipinski definition) is 7. The number of aryl methyl sites for hydroxylation is 2. The number of ether oxygens (including phenoxy) is 4. The minimum absolute atomic E-state index is 0.0633. The van der Waals surface area contributed by atoms with Gasteiger partial charge >= 0.3 is 5.97 Å². The fourth-order valence-electron chi connectivity index (χ4n) is 3.60. The first-order valence-corrected chi connectivity index (χ1v) is 10.3. The van der Waals surface area contributed by atoms with Crippen LogP contribution in [-0.2, 0) is 17.6 Å². The van der Waals surface area contributed by atoms with Crippen molar-refractivity contribution in [1.29, 1.82) is 0 Å². The quantitative estimate of drug-likeness (QED) is 0.293. The predicted octanol–water partition coefficient (Wildman–Crippen LogP) is 4.06. The van der Waals surface area contributed by atoms with Crippen molar-refractivity contribution < 1.29 is 33.3 Å². The van der Waals surface area contributed by atoms with Gasteiger partial charge in [0.25, 0.3) is 0 Å². The van der Waals surface area contributed by atoms with Crippen LogP contribution in [0.25, 0.3) is 0 Å². The van der Waals surface area contributed by atoms with Gasteiger partial charge in [0.05, 0.1) is 19.8 Å². The average Bonchev–Trinajstić information content (AvgIpc) is 3.33. The standard InChI is InChI=1S/C26H22O7/c1-30-20-11-9-17(10-12-20)24(27)25(28)21-14-23-22(32-15-33-23)13-19(21)8-5-16-3-6-18(7-4-16)26(29)31-2/h3-4,6-7,9-14H,5,8,15H2,1-2H3. The summed E-state index contributed by atoms with van der Waals surface area (Å²) in [6.07, 6.45) is 1.09. The second-order valence-corrected chi connectivity index (χ2v) is 7.44. The van der Waals surface area contributed by atoms with Crippen LogP contribution in [0.2, 0.25) is 0 Å². The molecule has 3 aromatic carbocycles. The van der Waals surface area contributed by atoms with Gasteiger partial charge in [0.15, 0.2) is 11.5 Å². The molecule has 0 unspecified atom stereocenters. The van der Waals surface area contributed by atoms with Crippen molar-refractivity contribution in [2.75, 3.05) is 21.0 Å². The molecule has 0 aromatic heterocycles. The fraction of sp³-hybridized carbons (Fsp3) is 0.192. The van der Waals surface area contributed by atoms with Crippen LogP contribution in [0.1, 0.15) is 42.2 Å². The summed E-state index contributed by atoms with van der Waals surface area (Å²) in [7, 11) is 2.87. The fourth-order valence-corrected chi connectivity index (χ4v) is 3.60. The molecule has 7 nitrogen and oxygen atoms in total. The van der Waals surface area contributed by atoms with Crippen molar-refractivity contribution in [2.24, 2.45) is 0 Å². The van der Waals surface area contributed by atoms with Gasteiger partial charge in [-0.3, -0.25) is 9.59 Å². The number of Topliss-reactive ketones (excluding diaryl/α,β-unsaturated/α-hetero) is 2. The summed E-state index contributed by atoms with van der Waals surface area (Å²) in [6.45, 7) is 0.0633. The number of carbonyl (C=O) groups excluding carboxylic acids is 3. The summed E-state index contributed by atoms with van der Waals surface area (Å²) in [6, 6.07) is 16.8. The van der Waals surface area contributed by atoms with Crippen LogP contribution in [0.5, 0.6) is 17.2 Å². The van der Waals surface area contributed by atoms with Crippen LogP contribution < -0.4 is 14.2 Å². The third kappa shape index (κ3) is 4.72. The van der Waals surface area contributed by atoms with Crippen molar-refractivity contribution in [3.8, 4) is 17.2 Å². The van der Waals surface area contributed by atoms with E-state index in [1.54, 1.807) is 48.5 Å². The lowest BCUT2D eigenvalue weighted by Crippen LogP contribution is -2.17. The molecule has 0 saturated carbocycles. The largest absolute Gasteiger partial charge is 0.497 e. The molecule has 0 N–H and O–H groups in total. The van der Waals surface area contributed by atoms with Gasteiger partial charge in [-0.1, -0.05) is 12.1 Å². The Labute approximate surface area is 190 Å². The van der Waals surface area contributed by atoms with Crippen molar-refractivity contribution in [1.82, 2.24) is 0 Å². The zero-order valence-corrected chi connectivity index (χ0v) is 18.3. The topological polar surface area (TPSA) is 88.1 Å². The number of benzene rings is 3. The van der Waals surface area contributed by atoms with Gasteiger partial charge in [0.1, 0.15) is 5.75 Å². The molecule has 1 aliphatic heterocycles. The maximum absolute atomic E-state index is 13.2. The zero-order valence-electron chi connectivity index (χ0n) is 18.3. The molecule has 0 bridgehead atoms. The Bertz CT molecular complexity index is 1190. The minimum Gasteiger partial charge on any atom is -0.497 e. The highest BCUT2D eigenvalue weighted by atomic mass is 16.7. The molecular weight excluding hydrogens is 424 g/mol. The molecule has 0 spiro atoms. The Morgan fingerprint density at radius 3 is 2.06 bits per heavy atom. The Hall–Kier alpha value is -4.13. The van der Waals surface area contributed by atoms with Crippen LogP contribution >= 0.6 is 0 Å². The first-order chi connectivity index (χ1) is 16.0. The second-order valence-electron chi connectivity index (χ2n) is 7.44. The predicted molar refractivity (Wildman–Crippen MR) is 119 cm³/mol. The first-order valence-electron chi connectivity index (χ1n) is 10.3. The van der Waals surface area contributed by atoms with Gasteiger partial charge in [-0.2, -0.15) is 0 Å². The lowest BCUT2D eigenvalue weighted by molar-refractivity contribution is 0.0600. The summed E-state index contributed by atoms with van der Waals surface area (Å²) in [5, 5.41) is 0. The zero-order chi connectivity index (χ0) is 23.4. The van der Waals surface area contributed by atoms with Gasteiger partial charge < -0.3 is 18.9 Å². The average molecular weight is 446 g/mol. The number of fused-ring (bicyclic) bond motifs is 1. The SMILES string of the molecule is COC(=O)c1ccc(CCc2cc3c(cc2C(=O)C(=O)c2ccc(OC)cc2)OCO3)cc1. The molecule has 0 amide bonds. The van der Waals surface area contributed by atoms with Crippen molar-refractivity contribution in [3.05, 3.63) is 88.5 Å². The molecule has 0 atom stereocenters. The van der Waals surface area contributed by atoms with E-state index in [-0.39, 0.29) is 17.9 Å². The molecule has 168 valence electrons. The summed E-state index contributed by atoms with van der Waals surface area (Å²) < 4.78 is 20.7. The summed E-state index contributed by atoms with van der Waals surface area (Å²) in [4.78, 5) is 37.7. The Kier molecular flexibility index (Phi) is 6.40. The molecule has 1 heterocycles. The van der Waals surface area contributed by atoms with Crippen molar-refractivity contribution in [3.63, 3.8) is 0 Å². The van der Waals surface area contributed by atoms with E-state index >= 15 is 0 Å². The van der Waals surface area contributed by atoms with Crippen LogP contribution in [0.15, 0.2) is 60.7 Å². The van der Waals surface area contributed by atoms with Gasteiger partial charge in [-0.25, -0.2) is 4.79 Å². The van der Waals surface area contributed by atoms with Crippen LogP contribution in [0.3, 0.4) is 0 Å². The third-order valence-corrected chi connectivity index (χ3v) is 5.46. The molecule has 0 aliphatic carbocycles. The highest BCUT2D eigenvalue weighted by Gasteiger charge is 2.25. The normalized spacial score (nSPS) is 11.7. The monoisotopic (exact) mass is 446 g/mol. The van der Waals surface area contributed by atoms with Crippen LogP contribution in [0.4, 0.5) is 0 Å². The number of esters is 1. The molecule has 1 aliphatic rings. The van der Waals surface area contributed by atoms with Gasteiger partial charge in [0.2, 0.25) is 18.4 Å². The molecule has 7 heteroatoms. The molecule has 4 rings (SSSR count). The van der Waals surface area contributed by atoms with E-state index in [0.29, 0.717) is 41.2 Å². The number of rotatable bonds is 8. The molecule has 33 heavy (non-hydrogen) atoms. The van der Waals surface area contributed by atoms with Gasteiger partial charge in [-0.15, -0.1) is 0 Å². The molecular formula is C26H22O7. The third-order valence-electron chi connectivity index (χ3n) is 5.46. The van der Waals surface area contributed by atoms with E-state index in [9.17, 15) is 14.4 Å². The van der Waals surface area contributed by atoms with Crippen LogP contribution in [-0.4, -0.2) is 38.5 Å². The van der Waals surface area contributed by atoms with E-state index in [4.69, 9.17) is 18.9 Å². The number of hydrogen-bond donors (Lipinski definition) is 0. The first kappa shape index (κ1) is 22.1.